The third-order valence-corrected chi connectivity index (χ3v) is 6.37. The minimum atomic E-state index is 0.235. The standard InChI is InChI=1S/C17H26Br2/c1-13(2)17(11-18,12-19)10-14-6-8-15(9-7-14)16(3,4)5/h6-9,13H,10-12H2,1-5H3. The van der Waals surface area contributed by atoms with Gasteiger partial charge in [-0.3, -0.25) is 0 Å². The number of rotatable bonds is 5. The predicted octanol–water partition coefficient (Wildman–Crippen LogP) is 5.96. The highest BCUT2D eigenvalue weighted by Gasteiger charge is 2.31. The molecule has 0 aliphatic rings. The highest BCUT2D eigenvalue weighted by atomic mass is 79.9. The van der Waals surface area contributed by atoms with Crippen molar-refractivity contribution in [2.45, 2.75) is 46.5 Å². The third-order valence-electron chi connectivity index (χ3n) is 4.13. The summed E-state index contributed by atoms with van der Waals surface area (Å²) < 4.78 is 0. The van der Waals surface area contributed by atoms with Crippen LogP contribution in [0.2, 0.25) is 0 Å². The van der Waals surface area contributed by atoms with Crippen LogP contribution in [-0.4, -0.2) is 10.7 Å². The number of alkyl halides is 2. The summed E-state index contributed by atoms with van der Waals surface area (Å²) >= 11 is 7.42. The van der Waals surface area contributed by atoms with E-state index in [9.17, 15) is 0 Å². The summed E-state index contributed by atoms with van der Waals surface area (Å²) in [6.45, 7) is 11.4. The Morgan fingerprint density at radius 2 is 1.42 bits per heavy atom. The second-order valence-corrected chi connectivity index (χ2v) is 8.03. The lowest BCUT2D eigenvalue weighted by molar-refractivity contribution is 0.268. The molecule has 0 amide bonds. The van der Waals surface area contributed by atoms with Crippen molar-refractivity contribution < 1.29 is 0 Å². The van der Waals surface area contributed by atoms with E-state index in [2.05, 4.69) is 90.7 Å². The predicted molar refractivity (Wildman–Crippen MR) is 93.7 cm³/mol. The van der Waals surface area contributed by atoms with Gasteiger partial charge in [0.2, 0.25) is 0 Å². The van der Waals surface area contributed by atoms with Gasteiger partial charge >= 0.3 is 0 Å². The fourth-order valence-corrected chi connectivity index (χ4v) is 4.79. The van der Waals surface area contributed by atoms with E-state index >= 15 is 0 Å². The van der Waals surface area contributed by atoms with Gasteiger partial charge in [-0.1, -0.05) is 90.7 Å². The van der Waals surface area contributed by atoms with Gasteiger partial charge in [0.25, 0.3) is 0 Å². The van der Waals surface area contributed by atoms with Crippen molar-refractivity contribution in [2.24, 2.45) is 11.3 Å². The van der Waals surface area contributed by atoms with Gasteiger partial charge in [0.05, 0.1) is 0 Å². The van der Waals surface area contributed by atoms with Crippen molar-refractivity contribution in [1.29, 1.82) is 0 Å². The maximum absolute atomic E-state index is 3.71. The number of halogens is 2. The van der Waals surface area contributed by atoms with Crippen molar-refractivity contribution >= 4 is 31.9 Å². The maximum atomic E-state index is 3.71. The second-order valence-electron chi connectivity index (χ2n) is 6.91. The van der Waals surface area contributed by atoms with Crippen molar-refractivity contribution in [3.63, 3.8) is 0 Å². The molecule has 1 aromatic carbocycles. The van der Waals surface area contributed by atoms with Gasteiger partial charge < -0.3 is 0 Å². The van der Waals surface area contributed by atoms with Gasteiger partial charge in [-0.25, -0.2) is 0 Å². The average Bonchev–Trinajstić information content (AvgIpc) is 2.35. The van der Waals surface area contributed by atoms with E-state index in [0.29, 0.717) is 11.3 Å². The first-order chi connectivity index (χ1) is 8.75. The first kappa shape index (κ1) is 17.2. The van der Waals surface area contributed by atoms with Crippen LogP contribution in [0.25, 0.3) is 0 Å². The second kappa shape index (κ2) is 6.76. The van der Waals surface area contributed by atoms with Crippen LogP contribution < -0.4 is 0 Å². The minimum absolute atomic E-state index is 0.235. The van der Waals surface area contributed by atoms with Gasteiger partial charge in [0.1, 0.15) is 0 Å². The molecular formula is C17H26Br2. The van der Waals surface area contributed by atoms with Crippen molar-refractivity contribution in [1.82, 2.24) is 0 Å². The Morgan fingerprint density at radius 1 is 0.947 bits per heavy atom. The molecular weight excluding hydrogens is 364 g/mol. The minimum Gasteiger partial charge on any atom is -0.0921 e. The monoisotopic (exact) mass is 388 g/mol. The van der Waals surface area contributed by atoms with Crippen LogP contribution in [0, 0.1) is 11.3 Å². The summed E-state index contributed by atoms with van der Waals surface area (Å²) in [4.78, 5) is 0. The molecule has 0 aliphatic carbocycles. The summed E-state index contributed by atoms with van der Waals surface area (Å²) in [5, 5.41) is 2.06. The largest absolute Gasteiger partial charge is 0.0921 e. The van der Waals surface area contributed by atoms with Crippen molar-refractivity contribution in [3.8, 4) is 0 Å². The molecule has 0 unspecified atom stereocenters. The lowest BCUT2D eigenvalue weighted by Gasteiger charge is -2.34. The first-order valence-electron chi connectivity index (χ1n) is 6.96. The Bertz CT molecular complexity index is 381. The molecule has 19 heavy (non-hydrogen) atoms. The SMILES string of the molecule is CC(C)C(CBr)(CBr)Cc1ccc(C(C)(C)C)cc1. The highest BCUT2D eigenvalue weighted by Crippen LogP contribution is 2.36. The third kappa shape index (κ3) is 4.32. The normalized spacial score (nSPS) is 13.1. The van der Waals surface area contributed by atoms with E-state index in [4.69, 9.17) is 0 Å². The van der Waals surface area contributed by atoms with E-state index in [0.717, 1.165) is 17.1 Å². The molecule has 108 valence electrons. The average molecular weight is 390 g/mol. The summed E-state index contributed by atoms with van der Waals surface area (Å²) in [6.07, 6.45) is 1.12. The molecule has 0 fully saturated rings. The van der Waals surface area contributed by atoms with Crippen LogP contribution in [0.1, 0.15) is 45.7 Å². The zero-order valence-electron chi connectivity index (χ0n) is 12.8. The summed E-state index contributed by atoms with van der Waals surface area (Å²) in [6, 6.07) is 9.15. The topological polar surface area (TPSA) is 0 Å². The smallest absolute Gasteiger partial charge is 0.0102 e. The molecule has 1 aromatic rings. The zero-order valence-corrected chi connectivity index (χ0v) is 15.9. The molecule has 0 heterocycles. The van der Waals surface area contributed by atoms with Crippen LogP contribution in [-0.2, 0) is 11.8 Å². The van der Waals surface area contributed by atoms with Gasteiger partial charge in [-0.2, -0.15) is 0 Å². The number of hydrogen-bond acceptors (Lipinski definition) is 0. The molecule has 0 aliphatic heterocycles. The molecule has 0 nitrogen and oxygen atoms in total. The van der Waals surface area contributed by atoms with E-state index in [-0.39, 0.29) is 5.41 Å². The first-order valence-corrected chi connectivity index (χ1v) is 9.21. The Kier molecular flexibility index (Phi) is 6.13. The van der Waals surface area contributed by atoms with E-state index in [1.807, 2.05) is 0 Å². The molecule has 0 N–H and O–H groups in total. The van der Waals surface area contributed by atoms with Crippen LogP contribution in [0.3, 0.4) is 0 Å². The Hall–Kier alpha value is 0.180. The molecule has 1 rings (SSSR count). The maximum Gasteiger partial charge on any atom is 0.0102 e. The molecule has 0 radical (unpaired) electrons. The molecule has 0 saturated heterocycles. The van der Waals surface area contributed by atoms with Gasteiger partial charge in [-0.15, -0.1) is 0 Å². The Balaban J connectivity index is 2.93. The summed E-state index contributed by atoms with van der Waals surface area (Å²) in [7, 11) is 0. The molecule has 0 bridgehead atoms. The van der Waals surface area contributed by atoms with Crippen molar-refractivity contribution in [2.75, 3.05) is 10.7 Å². The van der Waals surface area contributed by atoms with E-state index in [1.54, 1.807) is 0 Å². The zero-order chi connectivity index (χ0) is 14.7. The molecule has 0 spiro atoms. The molecule has 0 aromatic heterocycles. The lowest BCUT2D eigenvalue weighted by Crippen LogP contribution is -2.33. The fourth-order valence-electron chi connectivity index (χ4n) is 2.17. The number of hydrogen-bond donors (Lipinski definition) is 0. The van der Waals surface area contributed by atoms with E-state index < -0.39 is 0 Å². The summed E-state index contributed by atoms with van der Waals surface area (Å²) in [5.41, 5.74) is 3.37. The fraction of sp³-hybridized carbons (Fsp3) is 0.647. The number of benzene rings is 1. The van der Waals surface area contributed by atoms with Crippen LogP contribution in [0.15, 0.2) is 24.3 Å². The van der Waals surface area contributed by atoms with Crippen molar-refractivity contribution in [3.05, 3.63) is 35.4 Å². The van der Waals surface area contributed by atoms with Crippen LogP contribution >= 0.6 is 31.9 Å². The van der Waals surface area contributed by atoms with Gasteiger partial charge in [0.15, 0.2) is 0 Å². The quantitative estimate of drug-likeness (QED) is 0.545. The van der Waals surface area contributed by atoms with E-state index in [1.165, 1.54) is 11.1 Å². The van der Waals surface area contributed by atoms with Gasteiger partial charge in [0, 0.05) is 10.7 Å². The lowest BCUT2D eigenvalue weighted by atomic mass is 9.76. The summed E-state index contributed by atoms with van der Waals surface area (Å²) in [5.74, 6) is 0.647. The molecule has 2 heteroatoms. The van der Waals surface area contributed by atoms with Gasteiger partial charge in [-0.05, 0) is 34.3 Å². The Labute approximate surface area is 135 Å². The molecule has 0 saturated carbocycles. The molecule has 0 atom stereocenters. The van der Waals surface area contributed by atoms with Crippen LogP contribution in [0.4, 0.5) is 0 Å². The van der Waals surface area contributed by atoms with Crippen LogP contribution in [0.5, 0.6) is 0 Å². The Morgan fingerprint density at radius 3 is 1.74 bits per heavy atom. The highest BCUT2D eigenvalue weighted by molar-refractivity contribution is 9.09.